The lowest BCUT2D eigenvalue weighted by atomic mass is 9.90. The minimum atomic E-state index is 0.207. The zero-order valence-electron chi connectivity index (χ0n) is 10.8. The summed E-state index contributed by atoms with van der Waals surface area (Å²) < 4.78 is 1.27. The van der Waals surface area contributed by atoms with Crippen molar-refractivity contribution in [1.29, 1.82) is 0 Å². The normalized spacial score (nSPS) is 13.7. The fourth-order valence-corrected chi connectivity index (χ4v) is 2.64. The van der Waals surface area contributed by atoms with Crippen LogP contribution in [0.4, 0.5) is 0 Å². The number of hydrogen-bond donors (Lipinski definition) is 1. The summed E-state index contributed by atoms with van der Waals surface area (Å²) in [5.41, 5.74) is 1.61. The zero-order chi connectivity index (χ0) is 12.9. The van der Waals surface area contributed by atoms with E-state index in [4.69, 9.17) is 11.6 Å². The molecule has 1 nitrogen and oxygen atoms in total. The molecule has 3 heteroatoms. The van der Waals surface area contributed by atoms with Gasteiger partial charge in [0.2, 0.25) is 0 Å². The summed E-state index contributed by atoms with van der Waals surface area (Å²) in [5.74, 6) is 0. The Morgan fingerprint density at radius 3 is 2.35 bits per heavy atom. The van der Waals surface area contributed by atoms with E-state index in [-0.39, 0.29) is 5.38 Å². The molecule has 0 aliphatic rings. The molecule has 0 spiro atoms. The lowest BCUT2D eigenvalue weighted by molar-refractivity contribution is 0.364. The first kappa shape index (κ1) is 15.3. The molecule has 17 heavy (non-hydrogen) atoms. The van der Waals surface area contributed by atoms with Crippen molar-refractivity contribution in [1.82, 2.24) is 5.32 Å². The van der Waals surface area contributed by atoms with Gasteiger partial charge < -0.3 is 5.32 Å². The fourth-order valence-electron chi connectivity index (χ4n) is 1.71. The molecule has 0 saturated carbocycles. The van der Waals surface area contributed by atoms with E-state index in [1.54, 1.807) is 0 Å². The van der Waals surface area contributed by atoms with Crippen LogP contribution in [-0.2, 0) is 6.54 Å². The third-order valence-corrected chi connectivity index (χ3v) is 3.47. The molecule has 96 valence electrons. The molecule has 0 saturated heterocycles. The molecule has 0 aliphatic carbocycles. The van der Waals surface area contributed by atoms with Crippen molar-refractivity contribution >= 4 is 34.2 Å². The molecule has 0 heterocycles. The Kier molecular flexibility index (Phi) is 6.24. The van der Waals surface area contributed by atoms with Crippen LogP contribution in [-0.4, -0.2) is 11.9 Å². The maximum absolute atomic E-state index is 6.29. The molecule has 0 fully saturated rings. The predicted octanol–water partition coefficient (Wildman–Crippen LogP) is 4.42. The van der Waals surface area contributed by atoms with Crippen LogP contribution in [0.25, 0.3) is 0 Å². The second-order valence-corrected chi connectivity index (χ2v) is 7.48. The third-order valence-electron chi connectivity index (χ3n) is 2.44. The van der Waals surface area contributed by atoms with Crippen molar-refractivity contribution in [2.45, 2.75) is 39.1 Å². The second-order valence-electron chi connectivity index (χ2n) is 5.62. The minimum Gasteiger partial charge on any atom is -0.311 e. The van der Waals surface area contributed by atoms with Gasteiger partial charge in [-0.05, 0) is 52.1 Å². The Hall–Kier alpha value is 0.200. The second kappa shape index (κ2) is 6.95. The zero-order valence-corrected chi connectivity index (χ0v) is 13.7. The molecule has 0 aliphatic heterocycles. The van der Waals surface area contributed by atoms with Crippen molar-refractivity contribution < 1.29 is 0 Å². The predicted molar refractivity (Wildman–Crippen MR) is 84.6 cm³/mol. The molecule has 1 aromatic carbocycles. The van der Waals surface area contributed by atoms with Gasteiger partial charge in [-0.3, -0.25) is 0 Å². The number of alkyl halides is 1. The van der Waals surface area contributed by atoms with Crippen LogP contribution in [0.1, 0.15) is 32.8 Å². The highest BCUT2D eigenvalue weighted by molar-refractivity contribution is 14.1. The maximum atomic E-state index is 6.29. The topological polar surface area (TPSA) is 12.0 Å². The van der Waals surface area contributed by atoms with E-state index in [1.165, 1.54) is 9.13 Å². The van der Waals surface area contributed by atoms with Gasteiger partial charge in [-0.2, -0.15) is 0 Å². The number of nitrogens with one attached hydrogen (secondary N) is 1. The molecule has 0 amide bonds. The molecule has 0 radical (unpaired) electrons. The molecule has 1 unspecified atom stereocenters. The highest BCUT2D eigenvalue weighted by atomic mass is 127. The van der Waals surface area contributed by atoms with Gasteiger partial charge in [0.15, 0.2) is 0 Å². The van der Waals surface area contributed by atoms with Gasteiger partial charge in [0.25, 0.3) is 0 Å². The smallest absolute Gasteiger partial charge is 0.0465 e. The van der Waals surface area contributed by atoms with Gasteiger partial charge in [-0.25, -0.2) is 0 Å². The highest BCUT2D eigenvalue weighted by Crippen LogP contribution is 2.23. The summed E-state index contributed by atoms with van der Waals surface area (Å²) >= 11 is 8.61. The maximum Gasteiger partial charge on any atom is 0.0465 e. The number of halogens is 2. The summed E-state index contributed by atoms with van der Waals surface area (Å²) in [4.78, 5) is 0. The lowest BCUT2D eigenvalue weighted by Gasteiger charge is -2.22. The largest absolute Gasteiger partial charge is 0.311 e. The van der Waals surface area contributed by atoms with Crippen LogP contribution >= 0.6 is 34.2 Å². The monoisotopic (exact) mass is 365 g/mol. The van der Waals surface area contributed by atoms with Crippen molar-refractivity contribution in [2.24, 2.45) is 5.41 Å². The van der Waals surface area contributed by atoms with Crippen LogP contribution in [0, 0.1) is 8.99 Å². The Balaban J connectivity index is 2.26. The Bertz CT molecular complexity index is 329. The van der Waals surface area contributed by atoms with E-state index in [9.17, 15) is 0 Å². The number of rotatable bonds is 5. The molecule has 1 atom stereocenters. The molecule has 1 rings (SSSR count). The van der Waals surface area contributed by atoms with Gasteiger partial charge in [-0.15, -0.1) is 11.6 Å². The van der Waals surface area contributed by atoms with Gasteiger partial charge >= 0.3 is 0 Å². The molecule has 1 N–H and O–H groups in total. The van der Waals surface area contributed by atoms with Gasteiger partial charge in [0, 0.05) is 22.0 Å². The van der Waals surface area contributed by atoms with Crippen LogP contribution < -0.4 is 5.32 Å². The van der Waals surface area contributed by atoms with E-state index in [1.807, 2.05) is 0 Å². The average molecular weight is 366 g/mol. The summed E-state index contributed by atoms with van der Waals surface area (Å²) in [6, 6.07) is 8.57. The Labute approximate surface area is 123 Å². The van der Waals surface area contributed by atoms with E-state index < -0.39 is 0 Å². The summed E-state index contributed by atoms with van der Waals surface area (Å²) in [6.45, 7) is 8.43. The van der Waals surface area contributed by atoms with Crippen LogP contribution in [0.2, 0.25) is 0 Å². The van der Waals surface area contributed by atoms with Gasteiger partial charge in [0.1, 0.15) is 0 Å². The Morgan fingerprint density at radius 1 is 1.24 bits per heavy atom. The van der Waals surface area contributed by atoms with Crippen molar-refractivity contribution in [3.05, 3.63) is 33.4 Å². The van der Waals surface area contributed by atoms with Gasteiger partial charge in [-0.1, -0.05) is 32.9 Å². The van der Waals surface area contributed by atoms with Gasteiger partial charge in [0.05, 0.1) is 0 Å². The van der Waals surface area contributed by atoms with Crippen LogP contribution in [0.5, 0.6) is 0 Å². The first-order valence-corrected chi connectivity index (χ1v) is 7.47. The minimum absolute atomic E-state index is 0.207. The molecule has 1 aromatic rings. The first-order chi connectivity index (χ1) is 7.87. The van der Waals surface area contributed by atoms with Crippen LogP contribution in [0.15, 0.2) is 24.3 Å². The summed E-state index contributed by atoms with van der Waals surface area (Å²) in [6.07, 6.45) is 1.04. The fraction of sp³-hybridized carbons (Fsp3) is 0.571. The number of hydrogen-bond acceptors (Lipinski definition) is 1. The van der Waals surface area contributed by atoms with E-state index in [2.05, 4.69) is 72.9 Å². The summed E-state index contributed by atoms with van der Waals surface area (Å²) in [7, 11) is 0. The molecule has 0 bridgehead atoms. The van der Waals surface area contributed by atoms with E-state index >= 15 is 0 Å². The van der Waals surface area contributed by atoms with Crippen molar-refractivity contribution in [3.8, 4) is 0 Å². The third kappa shape index (κ3) is 7.27. The van der Waals surface area contributed by atoms with Crippen molar-refractivity contribution in [2.75, 3.05) is 6.54 Å². The van der Waals surface area contributed by atoms with Crippen molar-refractivity contribution in [3.63, 3.8) is 0 Å². The quantitative estimate of drug-likeness (QED) is 0.601. The lowest BCUT2D eigenvalue weighted by Crippen LogP contribution is -2.26. The molecular weight excluding hydrogens is 345 g/mol. The summed E-state index contributed by atoms with van der Waals surface area (Å²) in [5, 5.41) is 3.62. The highest BCUT2D eigenvalue weighted by Gasteiger charge is 2.16. The average Bonchev–Trinajstić information content (AvgIpc) is 2.18. The van der Waals surface area contributed by atoms with E-state index in [0.717, 1.165) is 19.5 Å². The first-order valence-electron chi connectivity index (χ1n) is 5.96. The number of benzene rings is 1. The Morgan fingerprint density at radius 2 is 1.82 bits per heavy atom. The molecule has 0 aromatic heterocycles. The molecular formula is C14H21ClIN. The SMILES string of the molecule is CC(C)(C)CC(Cl)CNCc1ccc(I)cc1. The van der Waals surface area contributed by atoms with E-state index in [0.29, 0.717) is 5.41 Å². The standard InChI is InChI=1S/C14H21ClIN/c1-14(2,3)8-12(15)10-17-9-11-4-6-13(16)7-5-11/h4-7,12,17H,8-10H2,1-3H3. The van der Waals surface area contributed by atoms with Crippen LogP contribution in [0.3, 0.4) is 0 Å².